The predicted molar refractivity (Wildman–Crippen MR) is 44.1 cm³/mol. The molecule has 0 aliphatic carbocycles. The average molecular weight is 154 g/mol. The first-order valence-corrected chi connectivity index (χ1v) is 3.92. The van der Waals surface area contributed by atoms with Crippen molar-refractivity contribution in [2.75, 3.05) is 39.4 Å². The lowest BCUT2D eigenvalue weighted by Crippen LogP contribution is -2.39. The zero-order valence-corrected chi connectivity index (χ0v) is 6.68. The molecule has 0 amide bonds. The van der Waals surface area contributed by atoms with Gasteiger partial charge in [-0.25, -0.2) is 0 Å². The van der Waals surface area contributed by atoms with Gasteiger partial charge in [-0.05, 0) is 0 Å². The van der Waals surface area contributed by atoms with Gasteiger partial charge in [0.2, 0.25) is 0 Å². The standard InChI is InChI=1S/C8H14N2O/c1-2-9-3-4-10-5-7-11-8-6-10/h1,9H,3-8H2. The fourth-order valence-electron chi connectivity index (χ4n) is 1.11. The first kappa shape index (κ1) is 8.38. The van der Waals surface area contributed by atoms with E-state index in [9.17, 15) is 0 Å². The summed E-state index contributed by atoms with van der Waals surface area (Å²) in [5.74, 6) is 0. The van der Waals surface area contributed by atoms with Gasteiger partial charge in [-0.3, -0.25) is 4.90 Å². The summed E-state index contributed by atoms with van der Waals surface area (Å²) in [5, 5.41) is 2.84. The maximum absolute atomic E-state index is 5.20. The molecule has 0 aromatic heterocycles. The first-order chi connectivity index (χ1) is 5.43. The van der Waals surface area contributed by atoms with Crippen LogP contribution in [0.5, 0.6) is 0 Å². The van der Waals surface area contributed by atoms with Crippen LogP contribution in [0.2, 0.25) is 0 Å². The Bertz CT molecular complexity index is 136. The maximum atomic E-state index is 5.20. The highest BCUT2D eigenvalue weighted by Gasteiger charge is 2.08. The topological polar surface area (TPSA) is 24.5 Å². The predicted octanol–water partition coefficient (Wildman–Crippen LogP) is -0.501. The summed E-state index contributed by atoms with van der Waals surface area (Å²) in [7, 11) is 0. The quantitative estimate of drug-likeness (QED) is 0.337. The third-order valence-corrected chi connectivity index (χ3v) is 1.76. The van der Waals surface area contributed by atoms with Crippen molar-refractivity contribution >= 4 is 0 Å². The van der Waals surface area contributed by atoms with E-state index in [4.69, 9.17) is 11.2 Å². The second-order valence-corrected chi connectivity index (χ2v) is 2.53. The van der Waals surface area contributed by atoms with Gasteiger partial charge in [0, 0.05) is 32.2 Å². The zero-order chi connectivity index (χ0) is 7.94. The average Bonchev–Trinajstić information content (AvgIpc) is 2.07. The molecule has 1 fully saturated rings. The third kappa shape index (κ3) is 3.26. The Morgan fingerprint density at radius 2 is 2.18 bits per heavy atom. The highest BCUT2D eigenvalue weighted by atomic mass is 16.5. The van der Waals surface area contributed by atoms with Crippen LogP contribution >= 0.6 is 0 Å². The molecule has 3 heteroatoms. The van der Waals surface area contributed by atoms with Crippen LogP contribution in [0.15, 0.2) is 0 Å². The van der Waals surface area contributed by atoms with E-state index in [0.29, 0.717) is 0 Å². The van der Waals surface area contributed by atoms with Crippen molar-refractivity contribution in [1.82, 2.24) is 10.2 Å². The number of morpholine rings is 1. The summed E-state index contributed by atoms with van der Waals surface area (Å²) in [6.45, 7) is 5.68. The summed E-state index contributed by atoms with van der Waals surface area (Å²) in [6, 6.07) is 2.40. The molecule has 1 aliphatic heterocycles. The number of ether oxygens (including phenoxy) is 1. The Labute approximate surface area is 67.7 Å². The van der Waals surface area contributed by atoms with Gasteiger partial charge in [0.25, 0.3) is 0 Å². The summed E-state index contributed by atoms with van der Waals surface area (Å²) < 4.78 is 5.20. The van der Waals surface area contributed by atoms with Crippen LogP contribution in [-0.2, 0) is 4.74 Å². The van der Waals surface area contributed by atoms with Crippen molar-refractivity contribution in [3.63, 3.8) is 0 Å². The van der Waals surface area contributed by atoms with Crippen molar-refractivity contribution in [2.24, 2.45) is 0 Å². The van der Waals surface area contributed by atoms with Crippen LogP contribution in [-0.4, -0.2) is 44.3 Å². The van der Waals surface area contributed by atoms with Crippen molar-refractivity contribution < 1.29 is 4.74 Å². The van der Waals surface area contributed by atoms with E-state index >= 15 is 0 Å². The van der Waals surface area contributed by atoms with Crippen LogP contribution in [0.4, 0.5) is 0 Å². The van der Waals surface area contributed by atoms with Gasteiger partial charge in [0.1, 0.15) is 0 Å². The third-order valence-electron chi connectivity index (χ3n) is 1.76. The largest absolute Gasteiger partial charge is 0.379 e. The second kappa shape index (κ2) is 5.00. The highest BCUT2D eigenvalue weighted by molar-refractivity contribution is 4.80. The van der Waals surface area contributed by atoms with Gasteiger partial charge in [-0.2, -0.15) is 0 Å². The Morgan fingerprint density at radius 3 is 2.82 bits per heavy atom. The van der Waals surface area contributed by atoms with E-state index < -0.39 is 0 Å². The molecule has 1 N–H and O–H groups in total. The van der Waals surface area contributed by atoms with Gasteiger partial charge in [-0.15, -0.1) is 0 Å². The molecule has 0 radical (unpaired) electrons. The van der Waals surface area contributed by atoms with Crippen LogP contribution in [0.1, 0.15) is 0 Å². The summed E-state index contributed by atoms with van der Waals surface area (Å²) >= 11 is 0. The lowest BCUT2D eigenvalue weighted by atomic mass is 10.4. The number of terminal acetylenes is 1. The lowest BCUT2D eigenvalue weighted by Gasteiger charge is -2.26. The smallest absolute Gasteiger partial charge is 0.0594 e. The van der Waals surface area contributed by atoms with Crippen molar-refractivity contribution in [1.29, 1.82) is 0 Å². The number of nitrogens with one attached hydrogen (secondary N) is 1. The first-order valence-electron chi connectivity index (χ1n) is 3.92. The Hall–Kier alpha value is -0.720. The number of nitrogens with zero attached hydrogens (tertiary/aromatic N) is 1. The summed E-state index contributed by atoms with van der Waals surface area (Å²) in [5.41, 5.74) is 0. The van der Waals surface area contributed by atoms with Crippen molar-refractivity contribution in [2.45, 2.75) is 0 Å². The lowest BCUT2D eigenvalue weighted by molar-refractivity contribution is 0.0388. The number of hydrogen-bond acceptors (Lipinski definition) is 3. The van der Waals surface area contributed by atoms with Gasteiger partial charge in [0.15, 0.2) is 0 Å². The minimum atomic E-state index is 0.857. The molecule has 1 heterocycles. The van der Waals surface area contributed by atoms with Crippen LogP contribution < -0.4 is 5.32 Å². The molecule has 11 heavy (non-hydrogen) atoms. The Kier molecular flexibility index (Phi) is 3.81. The maximum Gasteiger partial charge on any atom is 0.0594 e. The number of rotatable bonds is 3. The molecular formula is C8H14N2O. The van der Waals surface area contributed by atoms with E-state index in [1.807, 2.05) is 0 Å². The minimum absolute atomic E-state index is 0.857. The van der Waals surface area contributed by atoms with Crippen molar-refractivity contribution in [3.8, 4) is 12.5 Å². The van der Waals surface area contributed by atoms with Crippen LogP contribution in [0, 0.1) is 12.5 Å². The van der Waals surface area contributed by atoms with Gasteiger partial charge >= 0.3 is 0 Å². The monoisotopic (exact) mass is 154 g/mol. The minimum Gasteiger partial charge on any atom is -0.379 e. The molecule has 62 valence electrons. The van der Waals surface area contributed by atoms with Crippen LogP contribution in [0.25, 0.3) is 0 Å². The van der Waals surface area contributed by atoms with E-state index in [1.54, 1.807) is 0 Å². The molecule has 0 bridgehead atoms. The normalized spacial score (nSPS) is 19.2. The van der Waals surface area contributed by atoms with E-state index in [1.165, 1.54) is 0 Å². The molecular weight excluding hydrogens is 140 g/mol. The van der Waals surface area contributed by atoms with Gasteiger partial charge in [0.05, 0.1) is 13.2 Å². The zero-order valence-electron chi connectivity index (χ0n) is 6.68. The molecule has 1 aliphatic rings. The highest BCUT2D eigenvalue weighted by Crippen LogP contribution is 1.94. The Morgan fingerprint density at radius 1 is 1.45 bits per heavy atom. The van der Waals surface area contributed by atoms with Gasteiger partial charge < -0.3 is 10.1 Å². The summed E-state index contributed by atoms with van der Waals surface area (Å²) in [6.07, 6.45) is 5.04. The molecule has 0 unspecified atom stereocenters. The van der Waals surface area contributed by atoms with Crippen molar-refractivity contribution in [3.05, 3.63) is 0 Å². The van der Waals surface area contributed by atoms with Crippen LogP contribution in [0.3, 0.4) is 0 Å². The molecule has 1 rings (SSSR count). The number of hydrogen-bond donors (Lipinski definition) is 1. The molecule has 1 saturated heterocycles. The molecule has 0 aromatic carbocycles. The fourth-order valence-corrected chi connectivity index (χ4v) is 1.11. The van der Waals surface area contributed by atoms with E-state index in [2.05, 4.69) is 16.3 Å². The SMILES string of the molecule is C#CNCCN1CCOCC1. The second-order valence-electron chi connectivity index (χ2n) is 2.53. The molecule has 0 aromatic rings. The van der Waals surface area contributed by atoms with Gasteiger partial charge in [-0.1, -0.05) is 6.42 Å². The molecule has 0 saturated carbocycles. The molecule has 3 nitrogen and oxygen atoms in total. The molecule has 0 spiro atoms. The van der Waals surface area contributed by atoms with E-state index in [-0.39, 0.29) is 0 Å². The summed E-state index contributed by atoms with van der Waals surface area (Å²) in [4.78, 5) is 2.34. The van der Waals surface area contributed by atoms with E-state index in [0.717, 1.165) is 39.4 Å². The molecule has 0 atom stereocenters. The fraction of sp³-hybridized carbons (Fsp3) is 0.750. The Balaban J connectivity index is 2.01.